The molecule has 130 valence electrons. The predicted octanol–water partition coefficient (Wildman–Crippen LogP) is 2.63. The van der Waals surface area contributed by atoms with Crippen molar-refractivity contribution < 1.29 is 9.21 Å². The quantitative estimate of drug-likeness (QED) is 0.791. The fraction of sp³-hybridized carbons (Fsp3) is 0.389. The van der Waals surface area contributed by atoms with Crippen LogP contribution < -0.4 is 5.32 Å². The molecule has 3 heterocycles. The number of hydrogen-bond acceptors (Lipinski definition) is 5. The van der Waals surface area contributed by atoms with E-state index >= 15 is 0 Å². The zero-order valence-electron chi connectivity index (χ0n) is 14.4. The van der Waals surface area contributed by atoms with Crippen LogP contribution >= 0.6 is 0 Å². The molecule has 1 aliphatic rings. The third-order valence-electron chi connectivity index (χ3n) is 4.37. The van der Waals surface area contributed by atoms with Gasteiger partial charge in [-0.1, -0.05) is 26.0 Å². The summed E-state index contributed by atoms with van der Waals surface area (Å²) in [5, 5.41) is 7.78. The van der Waals surface area contributed by atoms with Crippen LogP contribution in [0.2, 0.25) is 0 Å². The summed E-state index contributed by atoms with van der Waals surface area (Å²) in [4.78, 5) is 18.5. The fourth-order valence-corrected chi connectivity index (χ4v) is 3.08. The monoisotopic (exact) mass is 339 g/mol. The average molecular weight is 339 g/mol. The van der Waals surface area contributed by atoms with Crippen LogP contribution in [0.15, 0.2) is 34.7 Å². The smallest absolute Gasteiger partial charge is 0.296 e. The molecule has 25 heavy (non-hydrogen) atoms. The van der Waals surface area contributed by atoms with Crippen LogP contribution in [-0.4, -0.2) is 32.1 Å². The van der Waals surface area contributed by atoms with Crippen LogP contribution in [0.5, 0.6) is 0 Å². The lowest BCUT2D eigenvalue weighted by Gasteiger charge is -2.29. The first-order valence-corrected chi connectivity index (χ1v) is 8.54. The average Bonchev–Trinajstić information content (AvgIpc) is 3.21. The number of hydrogen-bond donors (Lipinski definition) is 1. The number of aromatic nitrogens is 3. The third-order valence-corrected chi connectivity index (χ3v) is 4.37. The van der Waals surface area contributed by atoms with Gasteiger partial charge in [-0.05, 0) is 18.2 Å². The Morgan fingerprint density at radius 1 is 1.32 bits per heavy atom. The maximum Gasteiger partial charge on any atom is 0.296 e. The lowest BCUT2D eigenvalue weighted by molar-refractivity contribution is -0.136. The van der Waals surface area contributed by atoms with Gasteiger partial charge in [0.1, 0.15) is 5.52 Å². The van der Waals surface area contributed by atoms with E-state index in [9.17, 15) is 4.79 Å². The van der Waals surface area contributed by atoms with Crippen molar-refractivity contribution in [3.05, 3.63) is 41.7 Å². The molecule has 0 spiro atoms. The van der Waals surface area contributed by atoms with Gasteiger partial charge < -0.3 is 14.6 Å². The highest BCUT2D eigenvalue weighted by molar-refractivity contribution is 5.78. The number of carbonyl (C=O) groups excluding carboxylic acids is 1. The Balaban J connectivity index is 1.44. The SMILES string of the molecule is CC(C)C(=O)N1CCn2nc(CNc3nc4ccccc4o3)cc2C1. The van der Waals surface area contributed by atoms with Crippen molar-refractivity contribution in [2.45, 2.75) is 33.5 Å². The van der Waals surface area contributed by atoms with E-state index in [0.29, 0.717) is 25.6 Å². The summed E-state index contributed by atoms with van der Waals surface area (Å²) in [6, 6.07) is 10.2. The van der Waals surface area contributed by atoms with Gasteiger partial charge in [0.25, 0.3) is 6.01 Å². The minimum Gasteiger partial charge on any atom is -0.424 e. The Morgan fingerprint density at radius 2 is 2.16 bits per heavy atom. The highest BCUT2D eigenvalue weighted by atomic mass is 16.4. The van der Waals surface area contributed by atoms with Crippen molar-refractivity contribution in [2.24, 2.45) is 5.92 Å². The zero-order chi connectivity index (χ0) is 17.4. The van der Waals surface area contributed by atoms with Gasteiger partial charge in [0.15, 0.2) is 5.58 Å². The lowest BCUT2D eigenvalue weighted by Crippen LogP contribution is -2.40. The third kappa shape index (κ3) is 3.09. The summed E-state index contributed by atoms with van der Waals surface area (Å²) in [6.45, 7) is 6.46. The maximum atomic E-state index is 12.2. The van der Waals surface area contributed by atoms with Gasteiger partial charge in [-0.3, -0.25) is 9.48 Å². The number of carbonyl (C=O) groups is 1. The molecule has 0 unspecified atom stereocenters. The molecule has 0 fully saturated rings. The Hall–Kier alpha value is -2.83. The minimum atomic E-state index is 0.0229. The molecule has 3 aromatic rings. The number of oxazole rings is 1. The summed E-state index contributed by atoms with van der Waals surface area (Å²) >= 11 is 0. The number of amides is 1. The first-order valence-electron chi connectivity index (χ1n) is 8.54. The van der Waals surface area contributed by atoms with Crippen molar-refractivity contribution in [1.29, 1.82) is 0 Å². The number of benzene rings is 1. The van der Waals surface area contributed by atoms with E-state index in [4.69, 9.17) is 4.42 Å². The summed E-state index contributed by atoms with van der Waals surface area (Å²) in [5.41, 5.74) is 3.57. The fourth-order valence-electron chi connectivity index (χ4n) is 3.08. The van der Waals surface area contributed by atoms with Crippen molar-refractivity contribution in [3.8, 4) is 0 Å². The lowest BCUT2D eigenvalue weighted by atomic mass is 10.1. The molecule has 1 N–H and O–H groups in total. The molecule has 0 aliphatic carbocycles. The molecular formula is C18H21N5O2. The highest BCUT2D eigenvalue weighted by Gasteiger charge is 2.23. The van der Waals surface area contributed by atoms with Crippen molar-refractivity contribution in [1.82, 2.24) is 19.7 Å². The molecule has 0 radical (unpaired) electrons. The minimum absolute atomic E-state index is 0.0229. The van der Waals surface area contributed by atoms with E-state index in [1.165, 1.54) is 0 Å². The highest BCUT2D eigenvalue weighted by Crippen LogP contribution is 2.20. The summed E-state index contributed by atoms with van der Waals surface area (Å²) in [7, 11) is 0. The molecule has 0 saturated carbocycles. The Kier molecular flexibility index (Phi) is 3.91. The van der Waals surface area contributed by atoms with Gasteiger partial charge in [-0.25, -0.2) is 0 Å². The second-order valence-corrected chi connectivity index (χ2v) is 6.60. The summed E-state index contributed by atoms with van der Waals surface area (Å²) in [6.07, 6.45) is 0. The molecule has 2 aromatic heterocycles. The van der Waals surface area contributed by atoms with Gasteiger partial charge in [0.2, 0.25) is 5.91 Å². The van der Waals surface area contributed by atoms with Crippen molar-refractivity contribution in [2.75, 3.05) is 11.9 Å². The van der Waals surface area contributed by atoms with Crippen LogP contribution in [0.3, 0.4) is 0 Å². The topological polar surface area (TPSA) is 76.2 Å². The van der Waals surface area contributed by atoms with E-state index in [1.54, 1.807) is 0 Å². The van der Waals surface area contributed by atoms with Crippen molar-refractivity contribution >= 4 is 23.0 Å². The Labute approximate surface area is 145 Å². The summed E-state index contributed by atoms with van der Waals surface area (Å²) < 4.78 is 7.64. The second-order valence-electron chi connectivity index (χ2n) is 6.60. The van der Waals surface area contributed by atoms with Gasteiger partial charge in [0, 0.05) is 12.5 Å². The van der Waals surface area contributed by atoms with Gasteiger partial charge >= 0.3 is 0 Å². The standard InChI is InChI=1S/C18H21N5O2/c1-12(2)17(24)22-7-8-23-14(11-22)9-13(21-23)10-19-18-20-15-5-3-4-6-16(15)25-18/h3-6,9,12H,7-8,10-11H2,1-2H3,(H,19,20). The predicted molar refractivity (Wildman–Crippen MR) is 93.8 cm³/mol. The molecule has 1 aliphatic heterocycles. The molecule has 1 amide bonds. The Bertz CT molecular complexity index is 878. The van der Waals surface area contributed by atoms with Crippen LogP contribution in [0, 0.1) is 5.92 Å². The number of nitrogens with one attached hydrogen (secondary N) is 1. The molecule has 0 bridgehead atoms. The van der Waals surface area contributed by atoms with Crippen LogP contribution in [0.25, 0.3) is 11.1 Å². The number of rotatable bonds is 4. The molecule has 7 heteroatoms. The molecule has 4 rings (SSSR count). The number of anilines is 1. The summed E-state index contributed by atoms with van der Waals surface area (Å²) in [5.74, 6) is 0.216. The van der Waals surface area contributed by atoms with Crippen molar-refractivity contribution in [3.63, 3.8) is 0 Å². The van der Waals surface area contributed by atoms with Crippen LogP contribution in [-0.2, 0) is 24.4 Å². The van der Waals surface area contributed by atoms with E-state index < -0.39 is 0 Å². The zero-order valence-corrected chi connectivity index (χ0v) is 14.4. The molecule has 7 nitrogen and oxygen atoms in total. The van der Waals surface area contributed by atoms with Gasteiger partial charge in [-0.2, -0.15) is 10.1 Å². The first kappa shape index (κ1) is 15.7. The number of fused-ring (bicyclic) bond motifs is 2. The van der Waals surface area contributed by atoms with Crippen LogP contribution in [0.4, 0.5) is 6.01 Å². The van der Waals surface area contributed by atoms with E-state index in [-0.39, 0.29) is 11.8 Å². The first-order chi connectivity index (χ1) is 12.1. The normalized spacial score (nSPS) is 14.1. The molecule has 1 aromatic carbocycles. The van der Waals surface area contributed by atoms with E-state index in [1.807, 2.05) is 53.8 Å². The van der Waals surface area contributed by atoms with Gasteiger partial charge in [0.05, 0.1) is 31.0 Å². The number of nitrogens with zero attached hydrogens (tertiary/aromatic N) is 4. The largest absolute Gasteiger partial charge is 0.424 e. The second kappa shape index (κ2) is 6.23. The molecule has 0 saturated heterocycles. The maximum absolute atomic E-state index is 12.2. The van der Waals surface area contributed by atoms with Crippen LogP contribution in [0.1, 0.15) is 25.2 Å². The van der Waals surface area contributed by atoms with Gasteiger partial charge in [-0.15, -0.1) is 0 Å². The Morgan fingerprint density at radius 3 is 2.96 bits per heavy atom. The molecular weight excluding hydrogens is 318 g/mol. The van der Waals surface area contributed by atoms with E-state index in [0.717, 1.165) is 29.0 Å². The van der Waals surface area contributed by atoms with E-state index in [2.05, 4.69) is 15.4 Å². The number of para-hydroxylation sites is 2. The molecule has 0 atom stereocenters.